The molecule has 66 heavy (non-hydrogen) atoms. The lowest BCUT2D eigenvalue weighted by Crippen LogP contribution is -2.35. The number of nitrogens with two attached hydrogens (primary N) is 1. The van der Waals surface area contributed by atoms with Gasteiger partial charge in [0.05, 0.1) is 30.2 Å². The number of aliphatic imine (C=N–C) groups is 1. The van der Waals surface area contributed by atoms with E-state index in [-0.39, 0.29) is 10.1 Å². The maximum atomic E-state index is 13.0. The van der Waals surface area contributed by atoms with Crippen LogP contribution in [-0.4, -0.2) is 138 Å². The minimum atomic E-state index is -4.11. The van der Waals surface area contributed by atoms with Crippen LogP contribution in [0.15, 0.2) is 39.3 Å². The molecule has 2 aromatic carbocycles. The second kappa shape index (κ2) is 21.9. The first-order valence-electron chi connectivity index (χ1n) is 22.7. The molecule has 0 saturated heterocycles. The Hall–Kier alpha value is -4.79. The van der Waals surface area contributed by atoms with Gasteiger partial charge in [0.2, 0.25) is 6.08 Å². The minimum Gasteiger partial charge on any atom is -0.308 e. The van der Waals surface area contributed by atoms with Gasteiger partial charge in [-0.25, -0.2) is 27.9 Å². The Bertz CT molecular complexity index is 2600. The summed E-state index contributed by atoms with van der Waals surface area (Å²) in [5.74, 6) is 0. The van der Waals surface area contributed by atoms with E-state index in [9.17, 15) is 26.4 Å². The van der Waals surface area contributed by atoms with E-state index >= 15 is 0 Å². The van der Waals surface area contributed by atoms with Gasteiger partial charge in [-0.1, -0.05) is 12.1 Å². The SMILES string of the molecule is CN(C)CCn1nc(S(=O)(=O)NC(=O)Nc2c3c(cc4c2CCC4)CCC3)cc1CN(C)C.CN(C)CCn1nc(S(N)(=O)=O)cc1CN(C)C.O=C=Nc1c2c(cc3c1CCC3)CCC2. The van der Waals surface area contributed by atoms with Gasteiger partial charge < -0.3 is 24.9 Å². The van der Waals surface area contributed by atoms with Crippen molar-refractivity contribution < 1.29 is 26.4 Å². The monoisotopic (exact) mass is 948 g/mol. The lowest BCUT2D eigenvalue weighted by atomic mass is 9.99. The number of benzene rings is 2. The maximum absolute atomic E-state index is 13.0. The zero-order chi connectivity index (χ0) is 47.9. The van der Waals surface area contributed by atoms with Gasteiger partial charge in [-0.15, -0.1) is 0 Å². The highest BCUT2D eigenvalue weighted by Gasteiger charge is 2.28. The molecule has 4 aliphatic carbocycles. The van der Waals surface area contributed by atoms with Gasteiger partial charge in [0.1, 0.15) is 0 Å². The number of amides is 2. The molecule has 4 aliphatic rings. The molecule has 0 fully saturated rings. The average molecular weight is 949 g/mol. The normalized spacial score (nSPS) is 14.9. The smallest absolute Gasteiger partial charge is 0.308 e. The molecule has 360 valence electrons. The summed E-state index contributed by atoms with van der Waals surface area (Å²) in [7, 11) is 7.63. The molecule has 18 nitrogen and oxygen atoms in total. The molecule has 2 heterocycles. The molecule has 20 heteroatoms. The zero-order valence-corrected chi connectivity index (χ0v) is 41.5. The Balaban J connectivity index is 0.000000182. The quantitative estimate of drug-likeness (QED) is 0.115. The summed E-state index contributed by atoms with van der Waals surface area (Å²) in [6, 6.07) is 6.96. The van der Waals surface area contributed by atoms with E-state index in [1.807, 2.05) is 76.0 Å². The van der Waals surface area contributed by atoms with Crippen LogP contribution in [-0.2, 0) is 102 Å². The molecule has 4 N–H and O–H groups in total. The Kier molecular flexibility index (Phi) is 16.8. The van der Waals surface area contributed by atoms with Crippen molar-refractivity contribution in [2.24, 2.45) is 10.1 Å². The second-order valence-electron chi connectivity index (χ2n) is 18.7. The summed E-state index contributed by atoms with van der Waals surface area (Å²) < 4.78 is 54.2. The molecule has 2 aromatic heterocycles. The van der Waals surface area contributed by atoms with Crippen molar-refractivity contribution in [1.29, 1.82) is 0 Å². The Morgan fingerprint density at radius 1 is 0.636 bits per heavy atom. The van der Waals surface area contributed by atoms with Crippen LogP contribution in [0.2, 0.25) is 0 Å². The predicted molar refractivity (Wildman–Crippen MR) is 256 cm³/mol. The standard InChI is InChI=1S/C23H34N6O3S.C13H13NO.C10H21N5O2S/c1-27(2)11-12-29-18(15-28(3)4)14-21(25-29)33(31,32)26-23(30)24-22-19-9-5-7-16(19)13-17-8-6-10-20(17)22;15-8-14-13-11-5-1-3-9(11)7-10-4-2-6-12(10)13;1-13(2)5-6-15-9(8-14(3)4)7-10(12-15)18(11,16)17/h13-14H,5-12,15H2,1-4H3,(H2,24,26,30);7H,1-6H2;7H,5-6,8H2,1-4H3,(H2,11,16,17). The summed E-state index contributed by atoms with van der Waals surface area (Å²) in [4.78, 5) is 35.2. The molecule has 0 saturated carbocycles. The van der Waals surface area contributed by atoms with Crippen molar-refractivity contribution in [2.75, 3.05) is 74.8 Å². The molecule has 0 spiro atoms. The number of hydrogen-bond donors (Lipinski definition) is 3. The van der Waals surface area contributed by atoms with Gasteiger partial charge in [-0.2, -0.15) is 23.6 Å². The number of urea groups is 1. The van der Waals surface area contributed by atoms with Crippen LogP contribution >= 0.6 is 0 Å². The lowest BCUT2D eigenvalue weighted by Gasteiger charge is -2.16. The Morgan fingerprint density at radius 3 is 1.45 bits per heavy atom. The van der Waals surface area contributed by atoms with Crippen molar-refractivity contribution in [3.8, 4) is 0 Å². The summed E-state index contributed by atoms with van der Waals surface area (Å²) in [5.41, 5.74) is 13.7. The van der Waals surface area contributed by atoms with E-state index in [4.69, 9.17) is 5.14 Å². The van der Waals surface area contributed by atoms with Gasteiger partial charge in [0.15, 0.2) is 10.1 Å². The summed E-state index contributed by atoms with van der Waals surface area (Å²) >= 11 is 0. The molecule has 2 amide bonds. The molecule has 0 bridgehead atoms. The number of anilines is 1. The van der Waals surface area contributed by atoms with E-state index in [1.54, 1.807) is 21.5 Å². The van der Waals surface area contributed by atoms with Gasteiger partial charge in [0, 0.05) is 44.0 Å². The fourth-order valence-electron chi connectivity index (χ4n) is 9.25. The molecule has 0 atom stereocenters. The maximum Gasteiger partial charge on any atom is 0.333 e. The van der Waals surface area contributed by atoms with Crippen molar-refractivity contribution in [3.63, 3.8) is 0 Å². The third-order valence-electron chi connectivity index (χ3n) is 12.3. The number of primary sulfonamides is 1. The molecular formula is C46H68N12O6S2. The fourth-order valence-corrected chi connectivity index (χ4v) is 10.7. The van der Waals surface area contributed by atoms with E-state index < -0.39 is 26.1 Å². The topological polar surface area (TPSA) is 213 Å². The summed E-state index contributed by atoms with van der Waals surface area (Å²) in [6.45, 7) is 3.86. The van der Waals surface area contributed by atoms with Crippen LogP contribution in [0.3, 0.4) is 0 Å². The number of rotatable bonds is 15. The molecule has 0 radical (unpaired) electrons. The molecule has 4 aromatic rings. The number of aryl methyl sites for hydroxylation is 4. The fraction of sp³-hybridized carbons (Fsp3) is 0.565. The molecular weight excluding hydrogens is 881 g/mol. The van der Waals surface area contributed by atoms with Crippen LogP contribution < -0.4 is 15.2 Å². The highest BCUT2D eigenvalue weighted by atomic mass is 32.2. The number of isocyanates is 1. The average Bonchev–Trinajstić information content (AvgIpc) is 4.08. The number of carbonyl (C=O) groups excluding carboxylic acids is 2. The number of carbonyl (C=O) groups is 1. The van der Waals surface area contributed by atoms with E-state index in [1.165, 1.54) is 52.3 Å². The number of sulfonamides is 2. The third kappa shape index (κ3) is 12.8. The molecule has 0 unspecified atom stereocenters. The number of hydrogen-bond acceptors (Lipinski definition) is 13. The van der Waals surface area contributed by atoms with Crippen molar-refractivity contribution in [1.82, 2.24) is 43.9 Å². The highest BCUT2D eigenvalue weighted by Crippen LogP contribution is 2.40. The van der Waals surface area contributed by atoms with E-state index in [0.717, 1.165) is 111 Å². The lowest BCUT2D eigenvalue weighted by molar-refractivity contribution is 0.256. The van der Waals surface area contributed by atoms with Crippen molar-refractivity contribution in [2.45, 2.75) is 113 Å². The zero-order valence-electron chi connectivity index (χ0n) is 39.9. The summed E-state index contributed by atoms with van der Waals surface area (Å²) in [6.07, 6.45) is 14.6. The van der Waals surface area contributed by atoms with Crippen LogP contribution in [0, 0.1) is 0 Å². The van der Waals surface area contributed by atoms with Gasteiger partial charge in [0.25, 0.3) is 20.0 Å². The number of fused-ring (bicyclic) bond motifs is 4. The van der Waals surface area contributed by atoms with Crippen LogP contribution in [0.5, 0.6) is 0 Å². The number of nitrogens with one attached hydrogen (secondary N) is 2. The number of nitrogens with zero attached hydrogens (tertiary/aromatic N) is 9. The van der Waals surface area contributed by atoms with Gasteiger partial charge in [-0.3, -0.25) is 9.36 Å². The van der Waals surface area contributed by atoms with Gasteiger partial charge >= 0.3 is 6.03 Å². The van der Waals surface area contributed by atoms with Crippen LogP contribution in [0.25, 0.3) is 0 Å². The first kappa shape index (κ1) is 50.6. The van der Waals surface area contributed by atoms with Gasteiger partial charge in [-0.05, 0) is 178 Å². The number of aromatic nitrogens is 4. The highest BCUT2D eigenvalue weighted by molar-refractivity contribution is 7.90. The van der Waals surface area contributed by atoms with Crippen molar-refractivity contribution >= 4 is 43.5 Å². The molecule has 8 rings (SSSR count). The van der Waals surface area contributed by atoms with E-state index in [2.05, 4.69) is 37.4 Å². The first-order valence-corrected chi connectivity index (χ1v) is 25.8. The Morgan fingerprint density at radius 2 is 1.05 bits per heavy atom. The minimum absolute atomic E-state index is 0.0712. The number of likely N-dealkylation sites (N-methyl/N-ethyl adjacent to an activating group) is 2. The summed E-state index contributed by atoms with van der Waals surface area (Å²) in [5, 5.41) is 16.1. The largest absolute Gasteiger partial charge is 0.333 e. The second-order valence-corrected chi connectivity index (χ2v) is 21.9. The third-order valence-corrected chi connectivity index (χ3v) is 14.2. The predicted octanol–water partition coefficient (Wildman–Crippen LogP) is 3.78. The van der Waals surface area contributed by atoms with Crippen molar-refractivity contribution in [3.05, 3.63) is 80.2 Å². The Labute approximate surface area is 390 Å². The van der Waals surface area contributed by atoms with Crippen LogP contribution in [0.1, 0.15) is 81.6 Å². The first-order chi connectivity index (χ1) is 31.2. The molecule has 0 aliphatic heterocycles. The van der Waals surface area contributed by atoms with E-state index in [0.29, 0.717) is 26.2 Å². The van der Waals surface area contributed by atoms with Crippen LogP contribution in [0.4, 0.5) is 16.2 Å².